The highest BCUT2D eigenvalue weighted by Crippen LogP contribution is 1.97. The molecule has 0 aromatic rings. The fourth-order valence-corrected chi connectivity index (χ4v) is 0.911. The van der Waals surface area contributed by atoms with Crippen LogP contribution >= 0.6 is 0 Å². The molecule has 0 saturated carbocycles. The van der Waals surface area contributed by atoms with Gasteiger partial charge in [-0.25, -0.2) is 4.79 Å². The SMILES string of the molecule is C=COC(=O)C([SiH3])OCC(C)C. The summed E-state index contributed by atoms with van der Waals surface area (Å²) < 4.78 is 9.83. The first-order valence-electron chi connectivity index (χ1n) is 4.01. The van der Waals surface area contributed by atoms with Crippen LogP contribution in [-0.2, 0) is 14.3 Å². The molecule has 3 nitrogen and oxygen atoms in total. The molecule has 0 spiro atoms. The largest absolute Gasteiger partial charge is 0.433 e. The van der Waals surface area contributed by atoms with E-state index in [4.69, 9.17) is 4.74 Å². The molecule has 4 heteroatoms. The summed E-state index contributed by atoms with van der Waals surface area (Å²) >= 11 is 0. The fraction of sp³-hybridized carbons (Fsp3) is 0.625. The van der Waals surface area contributed by atoms with Crippen molar-refractivity contribution >= 4 is 16.2 Å². The zero-order valence-corrected chi connectivity index (χ0v) is 9.87. The van der Waals surface area contributed by atoms with Crippen LogP contribution in [0, 0.1) is 5.92 Å². The number of ether oxygens (including phenoxy) is 2. The third kappa shape index (κ3) is 5.09. The number of rotatable bonds is 5. The van der Waals surface area contributed by atoms with Crippen molar-refractivity contribution in [2.24, 2.45) is 5.92 Å². The number of esters is 1. The molecule has 0 heterocycles. The van der Waals surface area contributed by atoms with Crippen LogP contribution in [0.3, 0.4) is 0 Å². The quantitative estimate of drug-likeness (QED) is 0.347. The van der Waals surface area contributed by atoms with Crippen LogP contribution in [0.2, 0.25) is 0 Å². The Morgan fingerprint density at radius 1 is 1.67 bits per heavy atom. The van der Waals surface area contributed by atoms with Gasteiger partial charge in [-0.1, -0.05) is 20.4 Å². The second-order valence-electron chi connectivity index (χ2n) is 2.97. The molecule has 0 aliphatic rings. The van der Waals surface area contributed by atoms with Gasteiger partial charge in [0, 0.05) is 6.61 Å². The maximum atomic E-state index is 11.0. The maximum Gasteiger partial charge on any atom is 0.335 e. The van der Waals surface area contributed by atoms with E-state index in [2.05, 4.69) is 11.3 Å². The van der Waals surface area contributed by atoms with Crippen molar-refractivity contribution in [3.8, 4) is 0 Å². The average Bonchev–Trinajstić information content (AvgIpc) is 2.00. The van der Waals surface area contributed by atoms with Crippen molar-refractivity contribution in [3.05, 3.63) is 12.8 Å². The van der Waals surface area contributed by atoms with E-state index in [0.717, 1.165) is 6.26 Å². The van der Waals surface area contributed by atoms with Gasteiger partial charge >= 0.3 is 5.97 Å². The van der Waals surface area contributed by atoms with Gasteiger partial charge in [-0.15, -0.1) is 0 Å². The number of hydrogen-bond acceptors (Lipinski definition) is 3. The normalized spacial score (nSPS) is 12.9. The number of hydrogen-bond donors (Lipinski definition) is 0. The summed E-state index contributed by atoms with van der Waals surface area (Å²) in [5, 5.41) is 0. The Bertz CT molecular complexity index is 156. The van der Waals surface area contributed by atoms with Crippen molar-refractivity contribution in [2.45, 2.75) is 19.6 Å². The van der Waals surface area contributed by atoms with E-state index < -0.39 is 0 Å². The smallest absolute Gasteiger partial charge is 0.335 e. The molecule has 0 bridgehead atoms. The molecule has 0 N–H and O–H groups in total. The van der Waals surface area contributed by atoms with E-state index >= 15 is 0 Å². The predicted octanol–water partition coefficient (Wildman–Crippen LogP) is 0.0372. The summed E-state index contributed by atoms with van der Waals surface area (Å²) in [6.45, 7) is 7.96. The Balaban J connectivity index is 3.63. The molecule has 0 aliphatic heterocycles. The van der Waals surface area contributed by atoms with Crippen molar-refractivity contribution in [2.75, 3.05) is 6.61 Å². The standard InChI is InChI=1S/C8H16O3Si/c1-4-10-7(9)8(12)11-5-6(2)3/h4,6,8H,1,5H2,2-3,12H3. The highest BCUT2D eigenvalue weighted by atomic mass is 28.1. The molecule has 0 radical (unpaired) electrons. The summed E-state index contributed by atoms with van der Waals surface area (Å²) in [5.41, 5.74) is -0.370. The molecule has 12 heavy (non-hydrogen) atoms. The van der Waals surface area contributed by atoms with Crippen LogP contribution < -0.4 is 0 Å². The molecular formula is C8H16O3Si. The molecule has 0 fully saturated rings. The summed E-state index contributed by atoms with van der Waals surface area (Å²) in [6.07, 6.45) is 1.13. The van der Waals surface area contributed by atoms with Gasteiger partial charge in [0.05, 0.1) is 16.5 Å². The van der Waals surface area contributed by atoms with Gasteiger partial charge in [-0.2, -0.15) is 0 Å². The van der Waals surface area contributed by atoms with Gasteiger partial charge in [0.2, 0.25) is 0 Å². The van der Waals surface area contributed by atoms with Gasteiger partial charge in [0.15, 0.2) is 0 Å². The molecule has 70 valence electrons. The molecular weight excluding hydrogens is 172 g/mol. The van der Waals surface area contributed by atoms with Crippen molar-refractivity contribution in [3.63, 3.8) is 0 Å². The predicted molar refractivity (Wildman–Crippen MR) is 50.8 cm³/mol. The Hall–Kier alpha value is -0.613. The average molecular weight is 188 g/mol. The molecule has 1 atom stereocenters. The molecule has 0 aliphatic carbocycles. The van der Waals surface area contributed by atoms with Gasteiger partial charge in [0.25, 0.3) is 0 Å². The van der Waals surface area contributed by atoms with E-state index in [-0.39, 0.29) is 11.7 Å². The minimum absolute atomic E-state index is 0.336. The third-order valence-corrected chi connectivity index (χ3v) is 2.02. The van der Waals surface area contributed by atoms with Crippen LogP contribution in [0.4, 0.5) is 0 Å². The van der Waals surface area contributed by atoms with Gasteiger partial charge < -0.3 is 9.47 Å². The van der Waals surface area contributed by atoms with Crippen LogP contribution in [0.25, 0.3) is 0 Å². The highest BCUT2D eigenvalue weighted by molar-refractivity contribution is 6.21. The number of carbonyl (C=O) groups excluding carboxylic acids is 1. The lowest BCUT2D eigenvalue weighted by Gasteiger charge is -2.12. The first-order chi connectivity index (χ1) is 5.57. The van der Waals surface area contributed by atoms with Crippen LogP contribution in [-0.4, -0.2) is 28.5 Å². The molecule has 0 amide bonds. The minimum atomic E-state index is -0.370. The van der Waals surface area contributed by atoms with Gasteiger partial charge in [0.1, 0.15) is 5.73 Å². The molecule has 0 aromatic heterocycles. The van der Waals surface area contributed by atoms with Crippen molar-refractivity contribution in [1.29, 1.82) is 0 Å². The van der Waals surface area contributed by atoms with E-state index in [1.165, 1.54) is 0 Å². The summed E-state index contributed by atoms with van der Waals surface area (Å²) in [6, 6.07) is 0. The van der Waals surface area contributed by atoms with E-state index in [0.29, 0.717) is 22.8 Å². The summed E-state index contributed by atoms with van der Waals surface area (Å²) in [5.74, 6) is 0.107. The Morgan fingerprint density at radius 3 is 2.67 bits per heavy atom. The van der Waals surface area contributed by atoms with Gasteiger partial charge in [-0.05, 0) is 5.92 Å². The third-order valence-electron chi connectivity index (χ3n) is 1.21. The highest BCUT2D eigenvalue weighted by Gasteiger charge is 2.13. The Morgan fingerprint density at radius 2 is 2.25 bits per heavy atom. The van der Waals surface area contributed by atoms with Crippen LogP contribution in [0.15, 0.2) is 12.8 Å². The van der Waals surface area contributed by atoms with Crippen LogP contribution in [0.1, 0.15) is 13.8 Å². The van der Waals surface area contributed by atoms with E-state index in [1.807, 2.05) is 13.8 Å². The molecule has 1 unspecified atom stereocenters. The molecule has 0 saturated heterocycles. The first-order valence-corrected chi connectivity index (χ1v) is 5.16. The lowest BCUT2D eigenvalue weighted by molar-refractivity contribution is -0.146. The first kappa shape index (κ1) is 11.4. The van der Waals surface area contributed by atoms with Crippen molar-refractivity contribution in [1.82, 2.24) is 0 Å². The second kappa shape index (κ2) is 5.96. The maximum absolute atomic E-state index is 11.0. The monoisotopic (exact) mass is 188 g/mol. The zero-order valence-electron chi connectivity index (χ0n) is 7.87. The minimum Gasteiger partial charge on any atom is -0.433 e. The fourth-order valence-electron chi connectivity index (χ4n) is 0.583. The van der Waals surface area contributed by atoms with E-state index in [9.17, 15) is 4.79 Å². The number of carbonyl (C=O) groups is 1. The topological polar surface area (TPSA) is 35.5 Å². The second-order valence-corrected chi connectivity index (χ2v) is 4.02. The molecule has 0 aromatic carbocycles. The summed E-state index contributed by atoms with van der Waals surface area (Å²) in [7, 11) is 0.648. The lowest BCUT2D eigenvalue weighted by atomic mass is 10.2. The Labute approximate surface area is 76.2 Å². The van der Waals surface area contributed by atoms with Crippen molar-refractivity contribution < 1.29 is 14.3 Å². The molecule has 0 rings (SSSR count). The Kier molecular flexibility index (Phi) is 5.66. The lowest BCUT2D eigenvalue weighted by Crippen LogP contribution is -2.27. The van der Waals surface area contributed by atoms with Crippen LogP contribution in [0.5, 0.6) is 0 Å². The van der Waals surface area contributed by atoms with E-state index in [1.54, 1.807) is 0 Å². The van der Waals surface area contributed by atoms with Gasteiger partial charge in [-0.3, -0.25) is 0 Å². The zero-order chi connectivity index (χ0) is 9.56. The summed E-state index contributed by atoms with van der Waals surface area (Å²) in [4.78, 5) is 11.0.